The zero-order valence-corrected chi connectivity index (χ0v) is 11.6. The van der Waals surface area contributed by atoms with Gasteiger partial charge in [-0.3, -0.25) is 9.48 Å². The second-order valence-corrected chi connectivity index (χ2v) is 4.63. The molecule has 1 heterocycles. The summed E-state index contributed by atoms with van der Waals surface area (Å²) < 4.78 is 7.13. The summed E-state index contributed by atoms with van der Waals surface area (Å²) >= 11 is 0. The van der Waals surface area contributed by atoms with Crippen molar-refractivity contribution in [2.75, 3.05) is 19.4 Å². The number of carbonyl (C=O) groups excluding carboxylic acids is 1. The van der Waals surface area contributed by atoms with Crippen molar-refractivity contribution in [3.63, 3.8) is 0 Å². The minimum absolute atomic E-state index is 0.0137. The molecule has 0 aliphatic rings. The van der Waals surface area contributed by atoms with E-state index in [9.17, 15) is 4.79 Å². The van der Waals surface area contributed by atoms with Crippen LogP contribution in [0, 0.1) is 0 Å². The molecule has 0 radical (unpaired) electrons. The maximum absolute atomic E-state index is 12.0. The van der Waals surface area contributed by atoms with E-state index in [-0.39, 0.29) is 12.5 Å². The Morgan fingerprint density at radius 2 is 2.30 bits per heavy atom. The van der Waals surface area contributed by atoms with Crippen LogP contribution in [0.1, 0.15) is 5.56 Å². The maximum Gasteiger partial charge on any atom is 0.260 e. The number of nitrogens with zero attached hydrogens (tertiary/aromatic N) is 3. The molecule has 0 bridgehead atoms. The van der Waals surface area contributed by atoms with Gasteiger partial charge in [0.25, 0.3) is 5.91 Å². The predicted octanol–water partition coefficient (Wildman–Crippen LogP) is 1.04. The van der Waals surface area contributed by atoms with E-state index in [1.54, 1.807) is 47.1 Å². The lowest BCUT2D eigenvalue weighted by Gasteiger charge is -2.16. The van der Waals surface area contributed by atoms with Crippen molar-refractivity contribution in [3.8, 4) is 5.75 Å². The van der Waals surface area contributed by atoms with Crippen LogP contribution in [0.3, 0.4) is 0 Å². The lowest BCUT2D eigenvalue weighted by Crippen LogP contribution is -2.30. The number of rotatable bonds is 5. The smallest absolute Gasteiger partial charge is 0.260 e. The second kappa shape index (κ2) is 6.10. The molecule has 0 atom stereocenters. The molecule has 1 amide bonds. The zero-order valence-electron chi connectivity index (χ0n) is 11.6. The van der Waals surface area contributed by atoms with Crippen LogP contribution in [0.25, 0.3) is 0 Å². The number of anilines is 1. The van der Waals surface area contributed by atoms with Gasteiger partial charge in [-0.25, -0.2) is 0 Å². The van der Waals surface area contributed by atoms with Crippen LogP contribution in [0.5, 0.6) is 5.75 Å². The molecule has 106 valence electrons. The lowest BCUT2D eigenvalue weighted by atomic mass is 10.3. The van der Waals surface area contributed by atoms with Crippen LogP contribution in [0.2, 0.25) is 0 Å². The molecule has 0 aliphatic heterocycles. The molecule has 2 N–H and O–H groups in total. The van der Waals surface area contributed by atoms with Crippen LogP contribution >= 0.6 is 0 Å². The van der Waals surface area contributed by atoms with Crippen molar-refractivity contribution < 1.29 is 9.53 Å². The van der Waals surface area contributed by atoms with E-state index in [2.05, 4.69) is 5.10 Å². The fourth-order valence-corrected chi connectivity index (χ4v) is 1.78. The zero-order chi connectivity index (χ0) is 14.5. The molecule has 0 unspecified atom stereocenters. The molecule has 0 saturated carbocycles. The van der Waals surface area contributed by atoms with Gasteiger partial charge in [0.05, 0.1) is 6.20 Å². The van der Waals surface area contributed by atoms with E-state index in [1.807, 2.05) is 13.2 Å². The number of ether oxygens (including phenoxy) is 1. The molecule has 2 rings (SSSR count). The van der Waals surface area contributed by atoms with Gasteiger partial charge in [-0.2, -0.15) is 5.10 Å². The van der Waals surface area contributed by atoms with E-state index in [0.29, 0.717) is 18.0 Å². The molecular formula is C14H18N4O2. The van der Waals surface area contributed by atoms with Crippen LogP contribution in [0.4, 0.5) is 5.69 Å². The van der Waals surface area contributed by atoms with Gasteiger partial charge in [0.15, 0.2) is 6.61 Å². The Balaban J connectivity index is 1.85. The number of aromatic nitrogens is 2. The second-order valence-electron chi connectivity index (χ2n) is 4.63. The Morgan fingerprint density at radius 1 is 1.50 bits per heavy atom. The third-order valence-electron chi connectivity index (χ3n) is 2.82. The molecule has 6 nitrogen and oxygen atoms in total. The van der Waals surface area contributed by atoms with Gasteiger partial charge in [0.1, 0.15) is 5.75 Å². The first-order valence-electron chi connectivity index (χ1n) is 6.24. The fraction of sp³-hybridized carbons (Fsp3) is 0.286. The third kappa shape index (κ3) is 3.74. The predicted molar refractivity (Wildman–Crippen MR) is 76.0 cm³/mol. The van der Waals surface area contributed by atoms with Crippen LogP contribution in [-0.4, -0.2) is 34.2 Å². The van der Waals surface area contributed by atoms with Gasteiger partial charge in [-0.15, -0.1) is 0 Å². The van der Waals surface area contributed by atoms with Crippen molar-refractivity contribution in [2.24, 2.45) is 7.05 Å². The first-order valence-corrected chi connectivity index (χ1v) is 6.24. The van der Waals surface area contributed by atoms with Gasteiger partial charge in [0, 0.05) is 44.2 Å². The van der Waals surface area contributed by atoms with Crippen molar-refractivity contribution in [1.29, 1.82) is 0 Å². The molecule has 1 aromatic heterocycles. The van der Waals surface area contributed by atoms with Crippen molar-refractivity contribution in [1.82, 2.24) is 14.7 Å². The minimum atomic E-state index is -0.101. The molecule has 1 aromatic carbocycles. The SMILES string of the molecule is CN(Cc1cnn(C)c1)C(=O)COc1cccc(N)c1. The van der Waals surface area contributed by atoms with E-state index in [1.165, 1.54) is 0 Å². The highest BCUT2D eigenvalue weighted by atomic mass is 16.5. The minimum Gasteiger partial charge on any atom is -0.484 e. The first-order chi connectivity index (χ1) is 9.54. The fourth-order valence-electron chi connectivity index (χ4n) is 1.78. The average molecular weight is 274 g/mol. The molecule has 0 saturated heterocycles. The summed E-state index contributed by atoms with van der Waals surface area (Å²) in [5.74, 6) is 0.490. The highest BCUT2D eigenvalue weighted by Crippen LogP contribution is 2.14. The number of nitrogens with two attached hydrogens (primary N) is 1. The molecule has 0 aliphatic carbocycles. The monoisotopic (exact) mass is 274 g/mol. The lowest BCUT2D eigenvalue weighted by molar-refractivity contribution is -0.132. The summed E-state index contributed by atoms with van der Waals surface area (Å²) in [6.07, 6.45) is 3.62. The summed E-state index contributed by atoms with van der Waals surface area (Å²) in [4.78, 5) is 13.6. The highest BCUT2D eigenvalue weighted by Gasteiger charge is 2.11. The summed E-state index contributed by atoms with van der Waals surface area (Å²) in [5, 5.41) is 4.07. The number of nitrogen functional groups attached to an aromatic ring is 1. The number of carbonyl (C=O) groups is 1. The van der Waals surface area contributed by atoms with Gasteiger partial charge < -0.3 is 15.4 Å². The summed E-state index contributed by atoms with van der Waals surface area (Å²) in [5.41, 5.74) is 7.23. The number of likely N-dealkylation sites (N-methyl/N-ethyl adjacent to an activating group) is 1. The molecule has 0 fully saturated rings. The maximum atomic E-state index is 12.0. The molecule has 6 heteroatoms. The van der Waals surface area contributed by atoms with Gasteiger partial charge in [0.2, 0.25) is 0 Å². The molecule has 20 heavy (non-hydrogen) atoms. The Hall–Kier alpha value is -2.50. The number of amides is 1. The third-order valence-corrected chi connectivity index (χ3v) is 2.82. The van der Waals surface area contributed by atoms with Crippen LogP contribution in [0.15, 0.2) is 36.7 Å². The normalized spacial score (nSPS) is 10.3. The van der Waals surface area contributed by atoms with Gasteiger partial charge in [-0.1, -0.05) is 6.07 Å². The topological polar surface area (TPSA) is 73.4 Å². The van der Waals surface area contributed by atoms with Crippen molar-refractivity contribution >= 4 is 11.6 Å². The van der Waals surface area contributed by atoms with Crippen LogP contribution < -0.4 is 10.5 Å². The Kier molecular flexibility index (Phi) is 4.24. The van der Waals surface area contributed by atoms with Crippen molar-refractivity contribution in [3.05, 3.63) is 42.2 Å². The Labute approximate surface area is 117 Å². The van der Waals surface area contributed by atoms with Crippen LogP contribution in [-0.2, 0) is 18.4 Å². The van der Waals surface area contributed by atoms with E-state index < -0.39 is 0 Å². The van der Waals surface area contributed by atoms with E-state index >= 15 is 0 Å². The summed E-state index contributed by atoms with van der Waals surface area (Å²) in [7, 11) is 3.58. The van der Waals surface area contributed by atoms with Gasteiger partial charge >= 0.3 is 0 Å². The molecule has 0 spiro atoms. The molecule has 2 aromatic rings. The Bertz CT molecular complexity index is 594. The van der Waals surface area contributed by atoms with E-state index in [4.69, 9.17) is 10.5 Å². The quantitative estimate of drug-likeness (QED) is 0.827. The molecular weight excluding hydrogens is 256 g/mol. The first kappa shape index (κ1) is 13.9. The van der Waals surface area contributed by atoms with E-state index in [0.717, 1.165) is 5.56 Å². The highest BCUT2D eigenvalue weighted by molar-refractivity contribution is 5.77. The summed E-state index contributed by atoms with van der Waals surface area (Å²) in [6.45, 7) is 0.493. The van der Waals surface area contributed by atoms with Gasteiger partial charge in [-0.05, 0) is 12.1 Å². The summed E-state index contributed by atoms with van der Waals surface area (Å²) in [6, 6.07) is 7.01. The van der Waals surface area contributed by atoms with Crippen molar-refractivity contribution in [2.45, 2.75) is 6.54 Å². The Morgan fingerprint density at radius 3 is 2.95 bits per heavy atom. The number of benzene rings is 1. The average Bonchev–Trinajstić information content (AvgIpc) is 2.81. The number of hydrogen-bond donors (Lipinski definition) is 1. The standard InChI is InChI=1S/C14H18N4O2/c1-17(8-11-7-16-18(2)9-11)14(19)10-20-13-5-3-4-12(15)6-13/h3-7,9H,8,10,15H2,1-2H3. The number of hydrogen-bond acceptors (Lipinski definition) is 4. The number of aryl methyl sites for hydroxylation is 1. The largest absolute Gasteiger partial charge is 0.484 e.